The second kappa shape index (κ2) is 6.64. The molecule has 0 aromatic heterocycles. The fourth-order valence-corrected chi connectivity index (χ4v) is 5.25. The van der Waals surface area contributed by atoms with Crippen LogP contribution in [0, 0.1) is 0 Å². The maximum atomic E-state index is 12.3. The van der Waals surface area contributed by atoms with E-state index in [-0.39, 0.29) is 9.86 Å². The minimum absolute atomic E-state index is 0.0834. The van der Waals surface area contributed by atoms with Gasteiger partial charge < -0.3 is 4.74 Å². The van der Waals surface area contributed by atoms with Gasteiger partial charge in [-0.05, 0) is 17.9 Å². The third-order valence-electron chi connectivity index (χ3n) is 2.91. The lowest BCUT2D eigenvalue weighted by molar-refractivity contribution is 0.0960. The molecule has 4 heteroatoms. The van der Waals surface area contributed by atoms with E-state index in [1.165, 1.54) is 6.42 Å². The zero-order chi connectivity index (χ0) is 12.8. The van der Waals surface area contributed by atoms with Crippen molar-refractivity contribution in [3.8, 4) is 0 Å². The highest BCUT2D eigenvalue weighted by Gasteiger charge is 2.36. The number of ketones is 1. The van der Waals surface area contributed by atoms with Crippen molar-refractivity contribution in [1.29, 1.82) is 0 Å². The number of rotatable bonds is 5. The van der Waals surface area contributed by atoms with E-state index in [0.717, 1.165) is 17.1 Å². The highest BCUT2D eigenvalue weighted by molar-refractivity contribution is 8.18. The van der Waals surface area contributed by atoms with Crippen LogP contribution in [0.2, 0.25) is 0 Å². The largest absolute Gasteiger partial charge is 0.382 e. The Balaban J connectivity index is 2.07. The van der Waals surface area contributed by atoms with Crippen LogP contribution in [0.15, 0.2) is 30.3 Å². The molecule has 18 heavy (non-hydrogen) atoms. The molecule has 1 aromatic rings. The van der Waals surface area contributed by atoms with Gasteiger partial charge in [0.25, 0.3) is 0 Å². The van der Waals surface area contributed by atoms with Gasteiger partial charge in [-0.1, -0.05) is 30.3 Å². The predicted molar refractivity (Wildman–Crippen MR) is 79.5 cm³/mol. The lowest BCUT2D eigenvalue weighted by atomic mass is 10.1. The Bertz CT molecular complexity index is 381. The van der Waals surface area contributed by atoms with Gasteiger partial charge in [0, 0.05) is 19.1 Å². The molecule has 1 aromatic carbocycles. The molecule has 0 aliphatic carbocycles. The molecule has 2 rings (SSSR count). The molecule has 0 unspecified atom stereocenters. The number of ether oxygens (including phenoxy) is 1. The van der Waals surface area contributed by atoms with Gasteiger partial charge in [0.2, 0.25) is 0 Å². The van der Waals surface area contributed by atoms with E-state index in [1.807, 2.05) is 53.9 Å². The van der Waals surface area contributed by atoms with E-state index in [4.69, 9.17) is 4.74 Å². The van der Waals surface area contributed by atoms with Gasteiger partial charge in [0.05, 0.1) is 10.7 Å². The maximum absolute atomic E-state index is 12.3. The quantitative estimate of drug-likeness (QED) is 0.773. The molecule has 0 spiro atoms. The second-order valence-electron chi connectivity index (χ2n) is 4.36. The van der Waals surface area contributed by atoms with Crippen LogP contribution in [0.5, 0.6) is 0 Å². The van der Waals surface area contributed by atoms with Gasteiger partial charge in [-0.15, -0.1) is 23.5 Å². The summed E-state index contributed by atoms with van der Waals surface area (Å²) in [6.45, 7) is 0.640. The van der Waals surface area contributed by atoms with Crippen LogP contribution < -0.4 is 0 Å². The van der Waals surface area contributed by atoms with E-state index in [1.54, 1.807) is 7.11 Å². The van der Waals surface area contributed by atoms with Crippen LogP contribution in [0.25, 0.3) is 0 Å². The molecule has 1 aliphatic heterocycles. The van der Waals surface area contributed by atoms with Crippen molar-refractivity contribution in [2.24, 2.45) is 0 Å². The number of carbonyl (C=O) groups excluding carboxylic acids is 1. The fourth-order valence-electron chi connectivity index (χ4n) is 2.04. The molecule has 1 heterocycles. The van der Waals surface area contributed by atoms with Gasteiger partial charge in [-0.25, -0.2) is 0 Å². The predicted octanol–water partition coefficient (Wildman–Crippen LogP) is 3.47. The first-order chi connectivity index (χ1) is 8.76. The number of Topliss-reactive ketones (excluding diaryl/α,β-unsaturated/α-hetero) is 1. The zero-order valence-corrected chi connectivity index (χ0v) is 12.2. The fraction of sp³-hybridized carbons (Fsp3) is 0.500. The Kier molecular flexibility index (Phi) is 5.15. The van der Waals surface area contributed by atoms with Crippen LogP contribution in [0.3, 0.4) is 0 Å². The van der Waals surface area contributed by atoms with E-state index >= 15 is 0 Å². The average molecular weight is 282 g/mol. The summed E-state index contributed by atoms with van der Waals surface area (Å²) in [6, 6.07) is 9.54. The number of hydrogen-bond donors (Lipinski definition) is 0. The highest BCUT2D eigenvalue weighted by Crippen LogP contribution is 2.45. The molecule has 0 saturated carbocycles. The first-order valence-electron chi connectivity index (χ1n) is 6.11. The summed E-state index contributed by atoms with van der Waals surface area (Å²) in [5, 5.41) is 0. The Morgan fingerprint density at radius 1 is 1.28 bits per heavy atom. The van der Waals surface area contributed by atoms with Crippen molar-refractivity contribution in [2.45, 2.75) is 16.9 Å². The lowest BCUT2D eigenvalue weighted by Crippen LogP contribution is -2.33. The SMILES string of the molecule is COCC1(CC(=O)c2ccccc2)SCCCS1. The third-order valence-corrected chi connectivity index (χ3v) is 6.18. The van der Waals surface area contributed by atoms with E-state index in [0.29, 0.717) is 13.0 Å². The third kappa shape index (κ3) is 3.53. The molecule has 0 N–H and O–H groups in total. The minimum atomic E-state index is -0.0834. The molecule has 0 radical (unpaired) electrons. The van der Waals surface area contributed by atoms with Gasteiger partial charge in [-0.3, -0.25) is 4.79 Å². The van der Waals surface area contributed by atoms with Crippen LogP contribution in [-0.4, -0.2) is 35.1 Å². The maximum Gasteiger partial charge on any atom is 0.165 e. The molecule has 0 amide bonds. The number of thioether (sulfide) groups is 2. The molecule has 1 aliphatic rings. The smallest absolute Gasteiger partial charge is 0.165 e. The molecule has 98 valence electrons. The molecule has 0 bridgehead atoms. The lowest BCUT2D eigenvalue weighted by Gasteiger charge is -2.34. The van der Waals surface area contributed by atoms with Gasteiger partial charge in [0.15, 0.2) is 5.78 Å². The summed E-state index contributed by atoms with van der Waals surface area (Å²) < 4.78 is 5.24. The minimum Gasteiger partial charge on any atom is -0.382 e. The monoisotopic (exact) mass is 282 g/mol. The van der Waals surface area contributed by atoms with Gasteiger partial charge >= 0.3 is 0 Å². The normalized spacial score (nSPS) is 18.5. The van der Waals surface area contributed by atoms with Crippen molar-refractivity contribution >= 4 is 29.3 Å². The Hall–Kier alpha value is -0.450. The molecule has 1 fully saturated rings. The summed E-state index contributed by atoms with van der Waals surface area (Å²) in [5.41, 5.74) is 0.805. The number of hydrogen-bond acceptors (Lipinski definition) is 4. The Morgan fingerprint density at radius 3 is 2.56 bits per heavy atom. The first kappa shape index (κ1) is 14.0. The van der Waals surface area contributed by atoms with Crippen LogP contribution in [0.1, 0.15) is 23.2 Å². The molecule has 0 atom stereocenters. The highest BCUT2D eigenvalue weighted by atomic mass is 32.2. The summed E-state index contributed by atoms with van der Waals surface area (Å²) in [5.74, 6) is 2.46. The summed E-state index contributed by atoms with van der Waals surface area (Å²) in [4.78, 5) is 12.3. The molecular weight excluding hydrogens is 264 g/mol. The van der Waals surface area contributed by atoms with Gasteiger partial charge in [-0.2, -0.15) is 0 Å². The second-order valence-corrected chi connectivity index (χ2v) is 7.58. The standard InChI is InChI=1S/C14H18O2S2/c1-16-11-14(17-8-5-9-18-14)10-13(15)12-6-3-2-4-7-12/h2-4,6-7H,5,8-11H2,1H3. The van der Waals surface area contributed by atoms with Crippen LogP contribution in [-0.2, 0) is 4.74 Å². The summed E-state index contributed by atoms with van der Waals surface area (Å²) in [7, 11) is 1.71. The zero-order valence-electron chi connectivity index (χ0n) is 10.6. The molecule has 1 saturated heterocycles. The van der Waals surface area contributed by atoms with Crippen LogP contribution in [0.4, 0.5) is 0 Å². The number of benzene rings is 1. The van der Waals surface area contributed by atoms with E-state index in [9.17, 15) is 4.79 Å². The van der Waals surface area contributed by atoms with E-state index in [2.05, 4.69) is 0 Å². The van der Waals surface area contributed by atoms with Crippen molar-refractivity contribution in [1.82, 2.24) is 0 Å². The molecule has 2 nitrogen and oxygen atoms in total. The summed E-state index contributed by atoms with van der Waals surface area (Å²) >= 11 is 3.75. The number of carbonyl (C=O) groups is 1. The number of methoxy groups -OCH3 is 1. The van der Waals surface area contributed by atoms with Crippen molar-refractivity contribution in [3.63, 3.8) is 0 Å². The van der Waals surface area contributed by atoms with Crippen molar-refractivity contribution in [2.75, 3.05) is 25.2 Å². The average Bonchev–Trinajstić information content (AvgIpc) is 2.41. The van der Waals surface area contributed by atoms with Crippen molar-refractivity contribution in [3.05, 3.63) is 35.9 Å². The molecular formula is C14H18O2S2. The Morgan fingerprint density at radius 2 is 1.94 bits per heavy atom. The van der Waals surface area contributed by atoms with Crippen molar-refractivity contribution < 1.29 is 9.53 Å². The van der Waals surface area contributed by atoms with E-state index < -0.39 is 0 Å². The summed E-state index contributed by atoms with van der Waals surface area (Å²) in [6.07, 6.45) is 1.78. The first-order valence-corrected chi connectivity index (χ1v) is 8.08. The Labute approximate surface area is 117 Å². The topological polar surface area (TPSA) is 26.3 Å². The van der Waals surface area contributed by atoms with Crippen LogP contribution >= 0.6 is 23.5 Å². The van der Waals surface area contributed by atoms with Gasteiger partial charge in [0.1, 0.15) is 0 Å².